The SMILES string of the molecule is Cc1cccc(N(Cc2cccc(C(F)(F)C(F)(F)C(F)(F)F)c2)C[C@@H](O)C(F)(F)F)c1. The van der Waals surface area contributed by atoms with Crippen LogP contribution >= 0.6 is 0 Å². The summed E-state index contributed by atoms with van der Waals surface area (Å²) < 4.78 is 131. The van der Waals surface area contributed by atoms with Crippen molar-refractivity contribution in [2.24, 2.45) is 0 Å². The highest BCUT2D eigenvalue weighted by atomic mass is 19.4. The molecule has 1 atom stereocenters. The van der Waals surface area contributed by atoms with Crippen molar-refractivity contribution in [2.75, 3.05) is 11.4 Å². The van der Waals surface area contributed by atoms with Crippen molar-refractivity contribution < 1.29 is 49.0 Å². The molecule has 0 aromatic heterocycles. The van der Waals surface area contributed by atoms with Gasteiger partial charge in [-0.1, -0.05) is 30.3 Å². The maximum Gasteiger partial charge on any atom is 0.460 e. The Morgan fingerprint density at radius 1 is 0.844 bits per heavy atom. The molecule has 2 rings (SSSR count). The average molecular weight is 477 g/mol. The van der Waals surface area contributed by atoms with Gasteiger partial charge < -0.3 is 10.0 Å². The van der Waals surface area contributed by atoms with Gasteiger partial charge in [0.05, 0.1) is 6.54 Å². The highest BCUT2D eigenvalue weighted by Gasteiger charge is 2.73. The minimum atomic E-state index is -6.53. The molecule has 0 unspecified atom stereocenters. The fraction of sp³-hybridized carbons (Fsp3) is 0.400. The Morgan fingerprint density at radius 2 is 1.44 bits per heavy atom. The summed E-state index contributed by atoms with van der Waals surface area (Å²) in [6, 6.07) is 8.49. The molecule has 0 aliphatic heterocycles. The van der Waals surface area contributed by atoms with Crippen LogP contribution in [-0.2, 0) is 12.5 Å². The summed E-state index contributed by atoms with van der Waals surface area (Å²) in [6.45, 7) is -0.00729. The average Bonchev–Trinajstić information content (AvgIpc) is 2.66. The standard InChI is InChI=1S/C20H17F10NO/c1-12-4-2-7-15(8-12)31(11-16(32)18(23,24)25)10-13-5-3-6-14(9-13)17(21,22)19(26,27)20(28,29)30/h2-9,16,32H,10-11H2,1H3/t16-/m1/s1. The molecule has 0 aliphatic rings. The van der Waals surface area contributed by atoms with Gasteiger partial charge in [-0.25, -0.2) is 0 Å². The molecular formula is C20H17F10NO. The van der Waals surface area contributed by atoms with Crippen molar-refractivity contribution in [1.82, 2.24) is 0 Å². The van der Waals surface area contributed by atoms with Gasteiger partial charge in [-0.05, 0) is 36.2 Å². The first kappa shape index (κ1) is 25.8. The molecule has 2 aromatic rings. The Labute approximate surface area is 176 Å². The fourth-order valence-electron chi connectivity index (χ4n) is 2.84. The molecule has 0 aliphatic carbocycles. The van der Waals surface area contributed by atoms with E-state index in [9.17, 15) is 49.0 Å². The van der Waals surface area contributed by atoms with Gasteiger partial charge in [-0.3, -0.25) is 0 Å². The lowest BCUT2D eigenvalue weighted by molar-refractivity contribution is -0.359. The number of benzene rings is 2. The molecule has 32 heavy (non-hydrogen) atoms. The highest BCUT2D eigenvalue weighted by molar-refractivity contribution is 5.49. The van der Waals surface area contributed by atoms with Crippen LogP contribution in [-0.4, -0.2) is 36.0 Å². The van der Waals surface area contributed by atoms with Gasteiger partial charge >= 0.3 is 24.2 Å². The second-order valence-corrected chi connectivity index (χ2v) is 7.12. The summed E-state index contributed by atoms with van der Waals surface area (Å²) in [7, 11) is 0. The normalized spacial score (nSPS) is 14.4. The van der Waals surface area contributed by atoms with E-state index >= 15 is 0 Å². The van der Waals surface area contributed by atoms with E-state index in [1.807, 2.05) is 0 Å². The highest BCUT2D eigenvalue weighted by Crippen LogP contribution is 2.51. The molecule has 12 heteroatoms. The van der Waals surface area contributed by atoms with Gasteiger partial charge in [0.15, 0.2) is 6.10 Å². The molecule has 0 saturated carbocycles. The van der Waals surface area contributed by atoms with Crippen LogP contribution in [0.5, 0.6) is 0 Å². The number of aliphatic hydroxyl groups excluding tert-OH is 1. The molecule has 0 radical (unpaired) electrons. The van der Waals surface area contributed by atoms with Crippen molar-refractivity contribution in [3.8, 4) is 0 Å². The third kappa shape index (κ3) is 5.45. The van der Waals surface area contributed by atoms with E-state index in [0.717, 1.165) is 17.0 Å². The van der Waals surface area contributed by atoms with Crippen LogP contribution in [0.4, 0.5) is 49.6 Å². The maximum absolute atomic E-state index is 14.0. The molecular weight excluding hydrogens is 460 g/mol. The number of anilines is 1. The van der Waals surface area contributed by atoms with Crippen molar-refractivity contribution in [3.05, 3.63) is 65.2 Å². The molecule has 0 saturated heterocycles. The van der Waals surface area contributed by atoms with E-state index in [-0.39, 0.29) is 11.3 Å². The third-order valence-corrected chi connectivity index (χ3v) is 4.55. The van der Waals surface area contributed by atoms with Gasteiger partial charge in [0.25, 0.3) is 0 Å². The minimum Gasteiger partial charge on any atom is -0.382 e. The predicted octanol–water partition coefficient (Wildman–Crippen LogP) is 6.21. The Bertz CT molecular complexity index is 923. The number of alkyl halides is 10. The number of hydrogen-bond acceptors (Lipinski definition) is 2. The van der Waals surface area contributed by atoms with Crippen LogP contribution in [0.25, 0.3) is 0 Å². The van der Waals surface area contributed by atoms with E-state index in [0.29, 0.717) is 17.7 Å². The van der Waals surface area contributed by atoms with Crippen LogP contribution in [0.3, 0.4) is 0 Å². The number of rotatable bonds is 7. The molecule has 0 bridgehead atoms. The molecule has 0 spiro atoms. The van der Waals surface area contributed by atoms with Crippen LogP contribution < -0.4 is 4.90 Å². The van der Waals surface area contributed by atoms with Gasteiger partial charge in [-0.15, -0.1) is 0 Å². The van der Waals surface area contributed by atoms with E-state index in [1.54, 1.807) is 13.0 Å². The molecule has 1 N–H and O–H groups in total. The van der Waals surface area contributed by atoms with Crippen LogP contribution in [0, 0.1) is 6.92 Å². The number of hydrogen-bond donors (Lipinski definition) is 1. The largest absolute Gasteiger partial charge is 0.460 e. The second kappa shape index (κ2) is 8.80. The number of aliphatic hydroxyl groups is 1. The molecule has 0 amide bonds. The fourth-order valence-corrected chi connectivity index (χ4v) is 2.84. The number of nitrogens with zero attached hydrogens (tertiary/aromatic N) is 1. The molecule has 2 aromatic carbocycles. The molecule has 0 fully saturated rings. The van der Waals surface area contributed by atoms with Crippen LogP contribution in [0.2, 0.25) is 0 Å². The molecule has 178 valence electrons. The number of aryl methyl sites for hydroxylation is 1. The smallest absolute Gasteiger partial charge is 0.382 e. The van der Waals surface area contributed by atoms with Crippen LogP contribution in [0.1, 0.15) is 16.7 Å². The lowest BCUT2D eigenvalue weighted by atomic mass is 9.99. The summed E-state index contributed by atoms with van der Waals surface area (Å²) >= 11 is 0. The van der Waals surface area contributed by atoms with Crippen molar-refractivity contribution >= 4 is 5.69 Å². The minimum absolute atomic E-state index is 0.145. The van der Waals surface area contributed by atoms with Crippen molar-refractivity contribution in [1.29, 1.82) is 0 Å². The second-order valence-electron chi connectivity index (χ2n) is 7.12. The Morgan fingerprint density at radius 3 is 1.97 bits per heavy atom. The van der Waals surface area contributed by atoms with Gasteiger partial charge in [0, 0.05) is 17.8 Å². The zero-order valence-corrected chi connectivity index (χ0v) is 16.3. The van der Waals surface area contributed by atoms with Crippen molar-refractivity contribution in [2.45, 2.75) is 43.8 Å². The quantitative estimate of drug-likeness (QED) is 0.479. The Balaban J connectivity index is 2.43. The van der Waals surface area contributed by atoms with Gasteiger partial charge in [0.1, 0.15) is 0 Å². The number of halogens is 10. The molecule has 0 heterocycles. The summed E-state index contributed by atoms with van der Waals surface area (Å²) in [4.78, 5) is 0.949. The van der Waals surface area contributed by atoms with E-state index in [1.165, 1.54) is 18.2 Å². The van der Waals surface area contributed by atoms with Crippen molar-refractivity contribution in [3.63, 3.8) is 0 Å². The lowest BCUT2D eigenvalue weighted by Gasteiger charge is -2.30. The summed E-state index contributed by atoms with van der Waals surface area (Å²) in [5, 5.41) is 9.43. The van der Waals surface area contributed by atoms with E-state index < -0.39 is 49.0 Å². The monoisotopic (exact) mass is 477 g/mol. The zero-order chi connectivity index (χ0) is 24.5. The third-order valence-electron chi connectivity index (χ3n) is 4.55. The Kier molecular flexibility index (Phi) is 7.08. The zero-order valence-electron chi connectivity index (χ0n) is 16.3. The topological polar surface area (TPSA) is 23.5 Å². The first-order chi connectivity index (χ1) is 14.5. The summed E-state index contributed by atoms with van der Waals surface area (Å²) in [5.41, 5.74) is -1.17. The maximum atomic E-state index is 14.0. The predicted molar refractivity (Wildman–Crippen MR) is 95.6 cm³/mol. The Hall–Kier alpha value is -2.50. The summed E-state index contributed by atoms with van der Waals surface area (Å²) in [6.07, 6.45) is -14.4. The van der Waals surface area contributed by atoms with E-state index in [2.05, 4.69) is 0 Å². The first-order valence-electron chi connectivity index (χ1n) is 8.95. The van der Waals surface area contributed by atoms with Gasteiger partial charge in [-0.2, -0.15) is 43.9 Å². The first-order valence-corrected chi connectivity index (χ1v) is 8.95. The lowest BCUT2D eigenvalue weighted by Crippen LogP contribution is -2.50. The van der Waals surface area contributed by atoms with Gasteiger partial charge in [0.2, 0.25) is 0 Å². The summed E-state index contributed by atoms with van der Waals surface area (Å²) in [5.74, 6) is -12.0. The van der Waals surface area contributed by atoms with Crippen LogP contribution in [0.15, 0.2) is 48.5 Å². The van der Waals surface area contributed by atoms with E-state index in [4.69, 9.17) is 0 Å². The molecule has 2 nitrogen and oxygen atoms in total.